The summed E-state index contributed by atoms with van der Waals surface area (Å²) in [5.41, 5.74) is 3.79. The molecule has 2 aromatic carbocycles. The first-order valence-electron chi connectivity index (χ1n) is 9.74. The van der Waals surface area contributed by atoms with E-state index in [4.69, 9.17) is 0 Å². The quantitative estimate of drug-likeness (QED) is 0.780. The molecule has 2 atom stereocenters. The van der Waals surface area contributed by atoms with Crippen LogP contribution in [0.2, 0.25) is 0 Å². The number of sulfonamides is 1. The lowest BCUT2D eigenvalue weighted by Gasteiger charge is -2.32. The number of hydrogen-bond acceptors (Lipinski definition) is 3. The fraction of sp³-hybridized carbons (Fsp3) is 0.348. The second-order valence-electron chi connectivity index (χ2n) is 7.47. The standard InChI is InChI=1S/C23H27NO3S/c1-4-8-20-21(18-9-6-5-7-10-18)15-22(17(3)23(20)25)24-28(26,27)19-13-11-16(2)12-14-19/h5-7,9-14,17,22,24H,4,8,15H2,1-3H3/t17-,22+/m1/s1. The first kappa shape index (κ1) is 20.5. The zero-order valence-corrected chi connectivity index (χ0v) is 17.4. The minimum absolute atomic E-state index is 0.0450. The first-order valence-corrected chi connectivity index (χ1v) is 11.2. The molecule has 0 bridgehead atoms. The van der Waals surface area contributed by atoms with Gasteiger partial charge in [0.15, 0.2) is 5.78 Å². The minimum Gasteiger partial charge on any atom is -0.294 e. The molecule has 0 saturated carbocycles. The normalized spacial score (nSPS) is 20.5. The summed E-state index contributed by atoms with van der Waals surface area (Å²) in [6.45, 7) is 5.79. The Morgan fingerprint density at radius 2 is 1.68 bits per heavy atom. The second kappa shape index (κ2) is 8.41. The predicted molar refractivity (Wildman–Crippen MR) is 112 cm³/mol. The summed E-state index contributed by atoms with van der Waals surface area (Å²) in [7, 11) is -3.69. The molecule has 0 amide bonds. The van der Waals surface area contributed by atoms with Gasteiger partial charge in [-0.3, -0.25) is 4.79 Å². The second-order valence-corrected chi connectivity index (χ2v) is 9.18. The highest BCUT2D eigenvalue weighted by atomic mass is 32.2. The van der Waals surface area contributed by atoms with Crippen molar-refractivity contribution < 1.29 is 13.2 Å². The van der Waals surface area contributed by atoms with E-state index in [1.807, 2.05) is 44.2 Å². The van der Waals surface area contributed by atoms with Gasteiger partial charge in [-0.2, -0.15) is 0 Å². The monoisotopic (exact) mass is 397 g/mol. The maximum atomic E-state index is 13.1. The van der Waals surface area contributed by atoms with E-state index in [1.165, 1.54) is 0 Å². The number of nitrogens with one attached hydrogen (secondary N) is 1. The fourth-order valence-corrected chi connectivity index (χ4v) is 5.03. The molecule has 5 heteroatoms. The lowest BCUT2D eigenvalue weighted by molar-refractivity contribution is -0.119. The Bertz CT molecular complexity index is 976. The molecule has 0 radical (unpaired) electrons. The third-order valence-electron chi connectivity index (χ3n) is 5.36. The van der Waals surface area contributed by atoms with E-state index in [9.17, 15) is 13.2 Å². The molecule has 0 aromatic heterocycles. The SMILES string of the molecule is CCCC1=C(c2ccccc2)C[C@H](NS(=O)(=O)c2ccc(C)cc2)[C@@H](C)C1=O. The highest BCUT2D eigenvalue weighted by molar-refractivity contribution is 7.89. The summed E-state index contributed by atoms with van der Waals surface area (Å²) in [5.74, 6) is -0.349. The Morgan fingerprint density at radius 1 is 1.04 bits per heavy atom. The van der Waals surface area contributed by atoms with Gasteiger partial charge in [-0.05, 0) is 48.6 Å². The number of carbonyl (C=O) groups excluding carboxylic acids is 1. The molecule has 4 nitrogen and oxygen atoms in total. The highest BCUT2D eigenvalue weighted by Gasteiger charge is 2.36. The number of hydrogen-bond donors (Lipinski definition) is 1. The van der Waals surface area contributed by atoms with Crippen LogP contribution in [0.15, 0.2) is 65.1 Å². The lowest BCUT2D eigenvalue weighted by Crippen LogP contribution is -2.45. The van der Waals surface area contributed by atoms with Gasteiger partial charge in [-0.15, -0.1) is 0 Å². The molecule has 0 aliphatic heterocycles. The minimum atomic E-state index is -3.69. The third kappa shape index (κ3) is 4.26. The van der Waals surface area contributed by atoms with Gasteiger partial charge in [0.2, 0.25) is 10.0 Å². The molecule has 1 N–H and O–H groups in total. The van der Waals surface area contributed by atoms with Gasteiger partial charge in [0.05, 0.1) is 4.90 Å². The first-order chi connectivity index (χ1) is 13.3. The lowest BCUT2D eigenvalue weighted by atomic mass is 9.77. The third-order valence-corrected chi connectivity index (χ3v) is 6.87. The Hall–Kier alpha value is -2.24. The van der Waals surface area contributed by atoms with E-state index < -0.39 is 22.0 Å². The zero-order chi connectivity index (χ0) is 20.3. The van der Waals surface area contributed by atoms with Crippen molar-refractivity contribution in [3.8, 4) is 0 Å². The van der Waals surface area contributed by atoms with Crippen LogP contribution in [0.4, 0.5) is 0 Å². The van der Waals surface area contributed by atoms with Crippen molar-refractivity contribution in [2.24, 2.45) is 5.92 Å². The average molecular weight is 398 g/mol. The van der Waals surface area contributed by atoms with E-state index in [1.54, 1.807) is 24.3 Å². The molecule has 1 aliphatic carbocycles. The van der Waals surface area contributed by atoms with Crippen molar-refractivity contribution in [1.82, 2.24) is 4.72 Å². The Balaban J connectivity index is 1.95. The Morgan fingerprint density at radius 3 is 2.29 bits per heavy atom. The molecule has 0 saturated heterocycles. The van der Waals surface area contributed by atoms with Crippen molar-refractivity contribution in [2.75, 3.05) is 0 Å². The Kier molecular flexibility index (Phi) is 6.16. The molecule has 0 fully saturated rings. The maximum Gasteiger partial charge on any atom is 0.240 e. The van der Waals surface area contributed by atoms with Gasteiger partial charge in [-0.1, -0.05) is 68.3 Å². The highest BCUT2D eigenvalue weighted by Crippen LogP contribution is 2.36. The summed E-state index contributed by atoms with van der Waals surface area (Å²) in [5, 5.41) is 0. The maximum absolute atomic E-state index is 13.1. The van der Waals surface area contributed by atoms with E-state index in [0.29, 0.717) is 12.8 Å². The van der Waals surface area contributed by atoms with E-state index >= 15 is 0 Å². The van der Waals surface area contributed by atoms with Crippen molar-refractivity contribution in [2.45, 2.75) is 51.0 Å². The van der Waals surface area contributed by atoms with E-state index in [2.05, 4.69) is 11.6 Å². The topological polar surface area (TPSA) is 63.2 Å². The van der Waals surface area contributed by atoms with Crippen LogP contribution in [-0.4, -0.2) is 20.2 Å². The molecule has 28 heavy (non-hydrogen) atoms. The summed E-state index contributed by atoms with van der Waals surface area (Å²) < 4.78 is 28.5. The number of rotatable bonds is 6. The number of ketones is 1. The summed E-state index contributed by atoms with van der Waals surface area (Å²) in [4.78, 5) is 13.3. The van der Waals surface area contributed by atoms with E-state index in [0.717, 1.165) is 28.7 Å². The van der Waals surface area contributed by atoms with Gasteiger partial charge in [0.1, 0.15) is 0 Å². The number of Topliss-reactive ketones (excluding diaryl/α,β-unsaturated/α-hetero) is 1. The van der Waals surface area contributed by atoms with Gasteiger partial charge in [0, 0.05) is 12.0 Å². The smallest absolute Gasteiger partial charge is 0.240 e. The molecule has 0 heterocycles. The number of aryl methyl sites for hydroxylation is 1. The fourth-order valence-electron chi connectivity index (χ4n) is 3.71. The van der Waals surface area contributed by atoms with Crippen molar-refractivity contribution >= 4 is 21.4 Å². The zero-order valence-electron chi connectivity index (χ0n) is 16.6. The summed E-state index contributed by atoms with van der Waals surface area (Å²) >= 11 is 0. The van der Waals surface area contributed by atoms with E-state index in [-0.39, 0.29) is 10.7 Å². The number of carbonyl (C=O) groups is 1. The molecule has 2 aromatic rings. The molecule has 3 rings (SSSR count). The van der Waals surface area contributed by atoms with Crippen molar-refractivity contribution in [3.63, 3.8) is 0 Å². The Labute approximate surface area is 167 Å². The number of allylic oxidation sites excluding steroid dienone is 1. The summed E-state index contributed by atoms with van der Waals surface area (Å²) in [6.07, 6.45) is 2.10. The van der Waals surface area contributed by atoms with Crippen LogP contribution in [0.3, 0.4) is 0 Å². The molecular weight excluding hydrogens is 370 g/mol. The summed E-state index contributed by atoms with van der Waals surface area (Å²) in [6, 6.07) is 16.1. The van der Waals surface area contributed by atoms with Gasteiger partial charge < -0.3 is 0 Å². The van der Waals surface area contributed by atoms with Crippen LogP contribution < -0.4 is 4.72 Å². The van der Waals surface area contributed by atoms with Gasteiger partial charge in [-0.25, -0.2) is 13.1 Å². The van der Waals surface area contributed by atoms with Crippen LogP contribution in [-0.2, 0) is 14.8 Å². The van der Waals surface area contributed by atoms with Gasteiger partial charge in [0.25, 0.3) is 0 Å². The molecule has 0 unspecified atom stereocenters. The van der Waals surface area contributed by atoms with Crippen LogP contribution in [0.5, 0.6) is 0 Å². The van der Waals surface area contributed by atoms with Crippen LogP contribution >= 0.6 is 0 Å². The van der Waals surface area contributed by atoms with Gasteiger partial charge >= 0.3 is 0 Å². The van der Waals surface area contributed by atoms with Crippen LogP contribution in [0, 0.1) is 12.8 Å². The number of benzene rings is 2. The molecule has 1 aliphatic rings. The average Bonchev–Trinajstić information content (AvgIpc) is 2.68. The van der Waals surface area contributed by atoms with Crippen LogP contribution in [0.1, 0.15) is 44.2 Å². The van der Waals surface area contributed by atoms with Crippen molar-refractivity contribution in [3.05, 3.63) is 71.3 Å². The predicted octanol–water partition coefficient (Wildman–Crippen LogP) is 4.50. The molecule has 0 spiro atoms. The molecular formula is C23H27NO3S. The van der Waals surface area contributed by atoms with Crippen molar-refractivity contribution in [1.29, 1.82) is 0 Å². The molecule has 148 valence electrons. The largest absolute Gasteiger partial charge is 0.294 e. The van der Waals surface area contributed by atoms with Crippen LogP contribution in [0.25, 0.3) is 5.57 Å².